The first kappa shape index (κ1) is 25.8. The fourth-order valence-electron chi connectivity index (χ4n) is 8.71. The fraction of sp³-hybridized carbons (Fsp3) is 0.581. The zero-order chi connectivity index (χ0) is 26.8. The number of thiocarbonyl (C=S) groups is 1. The predicted octanol–water partition coefficient (Wildman–Crippen LogP) is 5.36. The number of rotatable bonds is 3. The summed E-state index contributed by atoms with van der Waals surface area (Å²) in [6.07, 6.45) is 11.8. The minimum absolute atomic E-state index is 0.00933. The smallest absolute Gasteiger partial charge is 0.269 e. The Morgan fingerprint density at radius 2 is 1.92 bits per heavy atom. The normalized spacial score (nSPS) is 38.0. The summed E-state index contributed by atoms with van der Waals surface area (Å²) in [6.45, 7) is 4.57. The Hall–Kier alpha value is -2.51. The summed E-state index contributed by atoms with van der Waals surface area (Å²) < 4.78 is 8.55. The molecule has 3 fully saturated rings. The van der Waals surface area contributed by atoms with Crippen molar-refractivity contribution in [3.63, 3.8) is 0 Å². The first-order chi connectivity index (χ1) is 18.1. The van der Waals surface area contributed by atoms with Crippen LogP contribution in [0.4, 0.5) is 5.69 Å². The van der Waals surface area contributed by atoms with Crippen molar-refractivity contribution < 1.29 is 14.6 Å². The highest BCUT2D eigenvalue weighted by atomic mass is 32.1. The molecule has 0 bridgehead atoms. The number of benzene rings is 1. The van der Waals surface area contributed by atoms with Crippen LogP contribution in [0.3, 0.4) is 0 Å². The number of hydrogen-bond acceptors (Lipinski definition) is 6. The van der Waals surface area contributed by atoms with E-state index in [1.807, 2.05) is 0 Å². The molecule has 4 aliphatic rings. The van der Waals surface area contributed by atoms with Gasteiger partial charge in [-0.25, -0.2) is 4.98 Å². The van der Waals surface area contributed by atoms with E-state index in [2.05, 4.69) is 68.2 Å². The molecule has 1 aromatic heterocycles. The summed E-state index contributed by atoms with van der Waals surface area (Å²) >= 11 is 5.80. The Bertz CT molecular complexity index is 1260. The molecule has 7 heteroatoms. The van der Waals surface area contributed by atoms with E-state index in [4.69, 9.17) is 17.0 Å². The number of Topliss-reactive ketones (excluding diaryl/α,β-unsaturated/α-hetero) is 1. The van der Waals surface area contributed by atoms with Gasteiger partial charge >= 0.3 is 0 Å². The molecule has 4 aliphatic carbocycles. The Morgan fingerprint density at radius 1 is 1.16 bits per heavy atom. The van der Waals surface area contributed by atoms with Crippen LogP contribution in [0.15, 0.2) is 54.6 Å². The van der Waals surface area contributed by atoms with Gasteiger partial charge < -0.3 is 14.7 Å². The van der Waals surface area contributed by atoms with Crippen LogP contribution in [0.25, 0.3) is 0 Å². The van der Waals surface area contributed by atoms with Crippen molar-refractivity contribution in [1.29, 1.82) is 0 Å². The number of ether oxygens (including phenoxy) is 1. The van der Waals surface area contributed by atoms with E-state index >= 15 is 0 Å². The summed E-state index contributed by atoms with van der Waals surface area (Å²) in [7, 11) is 4.10. The Labute approximate surface area is 231 Å². The van der Waals surface area contributed by atoms with Gasteiger partial charge in [0.2, 0.25) is 0 Å². The van der Waals surface area contributed by atoms with Crippen molar-refractivity contribution in [3.05, 3.63) is 60.2 Å². The number of carbonyl (C=O) groups excluding carboxylic acids is 1. The maximum absolute atomic E-state index is 13.8. The fourth-order valence-corrected chi connectivity index (χ4v) is 8.93. The summed E-state index contributed by atoms with van der Waals surface area (Å²) in [5.41, 5.74) is 3.07. The van der Waals surface area contributed by atoms with Gasteiger partial charge in [-0.3, -0.25) is 9.36 Å². The van der Waals surface area contributed by atoms with E-state index in [0.717, 1.165) is 37.8 Å². The summed E-state index contributed by atoms with van der Waals surface area (Å²) in [5.74, 6) is 1.27. The quantitative estimate of drug-likeness (QED) is 0.423. The van der Waals surface area contributed by atoms with E-state index in [1.165, 1.54) is 11.1 Å². The van der Waals surface area contributed by atoms with E-state index in [1.54, 1.807) is 23.3 Å². The van der Waals surface area contributed by atoms with Crippen molar-refractivity contribution in [3.8, 4) is 0 Å². The lowest BCUT2D eigenvalue weighted by atomic mass is 9.43. The van der Waals surface area contributed by atoms with Gasteiger partial charge in [0.25, 0.3) is 5.17 Å². The second-order valence-corrected chi connectivity index (χ2v) is 12.9. The van der Waals surface area contributed by atoms with Crippen LogP contribution in [0.1, 0.15) is 63.9 Å². The van der Waals surface area contributed by atoms with Crippen LogP contribution in [0.2, 0.25) is 0 Å². The first-order valence-corrected chi connectivity index (χ1v) is 14.4. The highest BCUT2D eigenvalue weighted by Crippen LogP contribution is 2.68. The Balaban J connectivity index is 1.53. The molecule has 2 aromatic rings. The number of hydrogen-bond donors (Lipinski definition) is 1. The van der Waals surface area contributed by atoms with E-state index < -0.39 is 5.41 Å². The Morgan fingerprint density at radius 3 is 2.61 bits per heavy atom. The maximum atomic E-state index is 13.8. The predicted molar refractivity (Wildman–Crippen MR) is 152 cm³/mol. The monoisotopic (exact) mass is 533 g/mol. The van der Waals surface area contributed by atoms with Gasteiger partial charge in [0.1, 0.15) is 18.2 Å². The largest absolute Gasteiger partial charge is 0.465 e. The molecule has 0 saturated heterocycles. The van der Waals surface area contributed by atoms with Crippen LogP contribution in [-0.4, -0.2) is 51.9 Å². The lowest BCUT2D eigenvalue weighted by Gasteiger charge is -2.62. The SMILES string of the molecule is CN(C)c1ccc(C2[C@H](OC(=S)n3ccnc3)[C@]3(C)C(=O)CC[C@H]3[C@@H]3CCC4=CC(O)CC[C@]4(C)[C@@H]23)cc1. The molecule has 1 heterocycles. The van der Waals surface area contributed by atoms with Crippen molar-refractivity contribution in [2.45, 2.75) is 70.5 Å². The van der Waals surface area contributed by atoms with Crippen molar-refractivity contribution in [1.82, 2.24) is 9.55 Å². The average molecular weight is 534 g/mol. The van der Waals surface area contributed by atoms with Crippen LogP contribution in [0.5, 0.6) is 0 Å². The van der Waals surface area contributed by atoms with Crippen LogP contribution >= 0.6 is 12.2 Å². The standard InChI is InChI=1S/C31H39N3O3S/c1-30-14-13-22(35)17-20(30)7-10-23-24-11-12-25(36)31(24,2)28(37-29(38)34-16-15-32-18-34)26(27(23)30)19-5-8-21(9-6-19)33(3)4/h5-6,8-9,15-18,22-24,26-28,35H,7,10-14H2,1-4H3/t22?,23-,24-,26?,27+,28-,30-,31-/m0/s1. The molecule has 2 unspecified atom stereocenters. The molecular formula is C31H39N3O3S. The summed E-state index contributed by atoms with van der Waals surface area (Å²) in [5, 5.41) is 10.9. The molecule has 0 spiro atoms. The van der Waals surface area contributed by atoms with E-state index in [-0.39, 0.29) is 29.5 Å². The van der Waals surface area contributed by atoms with Gasteiger partial charge in [0.05, 0.1) is 11.5 Å². The third kappa shape index (κ3) is 3.80. The third-order valence-corrected chi connectivity index (χ3v) is 10.9. The number of aliphatic hydroxyl groups is 1. The van der Waals surface area contributed by atoms with Gasteiger partial charge in [0, 0.05) is 44.5 Å². The van der Waals surface area contributed by atoms with Crippen LogP contribution < -0.4 is 4.90 Å². The molecule has 1 N–H and O–H groups in total. The zero-order valence-corrected chi connectivity index (χ0v) is 23.7. The molecule has 0 radical (unpaired) electrons. The van der Waals surface area contributed by atoms with Crippen molar-refractivity contribution in [2.75, 3.05) is 19.0 Å². The van der Waals surface area contributed by atoms with Crippen molar-refractivity contribution in [2.24, 2.45) is 28.6 Å². The first-order valence-electron chi connectivity index (χ1n) is 14.0. The maximum Gasteiger partial charge on any atom is 0.269 e. The van der Waals surface area contributed by atoms with Crippen LogP contribution in [0, 0.1) is 28.6 Å². The van der Waals surface area contributed by atoms with Crippen molar-refractivity contribution >= 4 is 28.9 Å². The van der Waals surface area contributed by atoms with Gasteiger partial charge in [-0.05, 0) is 92.1 Å². The number of carbonyl (C=O) groups is 1. The lowest BCUT2D eigenvalue weighted by molar-refractivity contribution is -0.155. The molecule has 0 aliphatic heterocycles. The second-order valence-electron chi connectivity index (χ2n) is 12.6. The molecule has 6 rings (SSSR count). The molecule has 38 heavy (non-hydrogen) atoms. The molecule has 6 nitrogen and oxygen atoms in total. The molecular weight excluding hydrogens is 494 g/mol. The highest BCUT2D eigenvalue weighted by Gasteiger charge is 2.67. The van der Waals surface area contributed by atoms with Gasteiger partial charge in [-0.2, -0.15) is 0 Å². The highest BCUT2D eigenvalue weighted by molar-refractivity contribution is 7.80. The number of aliphatic hydroxyl groups excluding tert-OH is 1. The lowest BCUT2D eigenvalue weighted by Crippen LogP contribution is -2.61. The number of nitrogens with zero attached hydrogens (tertiary/aromatic N) is 3. The van der Waals surface area contributed by atoms with Gasteiger partial charge in [-0.15, -0.1) is 0 Å². The summed E-state index contributed by atoms with van der Waals surface area (Å²) in [6, 6.07) is 8.81. The number of imidazole rings is 1. The molecule has 3 saturated carbocycles. The van der Waals surface area contributed by atoms with Crippen LogP contribution in [-0.2, 0) is 9.53 Å². The molecule has 0 amide bonds. The average Bonchev–Trinajstić information content (AvgIpc) is 3.54. The minimum atomic E-state index is -0.609. The number of aromatic nitrogens is 2. The number of fused-ring (bicyclic) bond motifs is 5. The third-order valence-electron chi connectivity index (χ3n) is 10.6. The topological polar surface area (TPSA) is 67.6 Å². The number of allylic oxidation sites excluding steroid dienone is 1. The summed E-state index contributed by atoms with van der Waals surface area (Å²) in [4.78, 5) is 20.1. The van der Waals surface area contributed by atoms with E-state index in [9.17, 15) is 9.90 Å². The number of ketones is 1. The van der Waals surface area contributed by atoms with Gasteiger partial charge in [-0.1, -0.05) is 30.7 Å². The zero-order valence-electron chi connectivity index (χ0n) is 22.8. The second kappa shape index (κ2) is 9.30. The molecule has 8 atom stereocenters. The van der Waals surface area contributed by atoms with Gasteiger partial charge in [0.15, 0.2) is 0 Å². The molecule has 202 valence electrons. The Kier molecular flexibility index (Phi) is 6.30. The van der Waals surface area contributed by atoms with E-state index in [0.29, 0.717) is 29.2 Å². The molecule has 1 aromatic carbocycles. The minimum Gasteiger partial charge on any atom is -0.465 e. The number of anilines is 1.